The Morgan fingerprint density at radius 1 is 1.62 bits per heavy atom. The maximum absolute atomic E-state index is 11.0. The number of piperidine rings is 1. The molecule has 0 aromatic carbocycles. The lowest BCUT2D eigenvalue weighted by Crippen LogP contribution is -2.48. The van der Waals surface area contributed by atoms with Crippen LogP contribution in [-0.2, 0) is 4.79 Å². The molecule has 1 unspecified atom stereocenters. The highest BCUT2D eigenvalue weighted by molar-refractivity contribution is 5.76. The van der Waals surface area contributed by atoms with Gasteiger partial charge in [-0.25, -0.2) is 0 Å². The van der Waals surface area contributed by atoms with Crippen LogP contribution in [0.5, 0.6) is 0 Å². The predicted molar refractivity (Wildman–Crippen MR) is 62.7 cm³/mol. The number of rotatable bonds is 5. The van der Waals surface area contributed by atoms with Gasteiger partial charge in [-0.15, -0.1) is 0 Å². The van der Waals surface area contributed by atoms with Crippen molar-refractivity contribution in [3.8, 4) is 6.07 Å². The Morgan fingerprint density at radius 3 is 2.94 bits per heavy atom. The Balaban J connectivity index is 2.23. The average Bonchev–Trinajstić information content (AvgIpc) is 2.26. The third kappa shape index (κ3) is 4.63. The second kappa shape index (κ2) is 5.86. The molecule has 4 nitrogen and oxygen atoms in total. The van der Waals surface area contributed by atoms with Crippen molar-refractivity contribution in [2.24, 2.45) is 5.41 Å². The lowest BCUT2D eigenvalue weighted by atomic mass is 9.87. The van der Waals surface area contributed by atoms with E-state index in [-0.39, 0.29) is 11.3 Å². The number of hydrogen-bond acceptors (Lipinski definition) is 3. The standard InChI is InChI=1S/C12H21N3O/c1-12(2,6-3-7-13)9-15-10-4-5-11(16)14-8-10/h10,15H,3-6,8-9H2,1-2H3,(H,14,16). The van der Waals surface area contributed by atoms with Gasteiger partial charge in [0, 0.05) is 32.0 Å². The molecule has 1 aliphatic rings. The van der Waals surface area contributed by atoms with Crippen molar-refractivity contribution in [3.05, 3.63) is 0 Å². The lowest BCUT2D eigenvalue weighted by Gasteiger charge is -2.29. The molecule has 1 rings (SSSR count). The van der Waals surface area contributed by atoms with E-state index in [0.717, 1.165) is 25.9 Å². The molecule has 1 fully saturated rings. The van der Waals surface area contributed by atoms with Crippen LogP contribution < -0.4 is 10.6 Å². The van der Waals surface area contributed by atoms with Crippen LogP contribution >= 0.6 is 0 Å². The van der Waals surface area contributed by atoms with E-state index in [0.29, 0.717) is 18.9 Å². The summed E-state index contributed by atoms with van der Waals surface area (Å²) in [6.45, 7) is 5.96. The monoisotopic (exact) mass is 223 g/mol. The normalized spacial score (nSPS) is 21.3. The smallest absolute Gasteiger partial charge is 0.220 e. The third-order valence-electron chi connectivity index (χ3n) is 3.05. The van der Waals surface area contributed by atoms with E-state index in [2.05, 4.69) is 30.6 Å². The van der Waals surface area contributed by atoms with Gasteiger partial charge in [0.05, 0.1) is 6.07 Å². The van der Waals surface area contributed by atoms with Crippen molar-refractivity contribution in [2.45, 2.75) is 45.6 Å². The molecule has 2 N–H and O–H groups in total. The minimum atomic E-state index is 0.150. The van der Waals surface area contributed by atoms with Gasteiger partial charge in [0.15, 0.2) is 0 Å². The largest absolute Gasteiger partial charge is 0.355 e. The highest BCUT2D eigenvalue weighted by atomic mass is 16.1. The quantitative estimate of drug-likeness (QED) is 0.735. The van der Waals surface area contributed by atoms with E-state index < -0.39 is 0 Å². The van der Waals surface area contributed by atoms with Crippen molar-refractivity contribution in [1.82, 2.24) is 10.6 Å². The van der Waals surface area contributed by atoms with Gasteiger partial charge in [-0.1, -0.05) is 13.8 Å². The van der Waals surface area contributed by atoms with Crippen LogP contribution in [-0.4, -0.2) is 25.0 Å². The van der Waals surface area contributed by atoms with Crippen LogP contribution in [0.25, 0.3) is 0 Å². The summed E-state index contributed by atoms with van der Waals surface area (Å²) < 4.78 is 0. The van der Waals surface area contributed by atoms with Gasteiger partial charge in [-0.05, 0) is 18.3 Å². The van der Waals surface area contributed by atoms with Crippen molar-refractivity contribution in [3.63, 3.8) is 0 Å². The van der Waals surface area contributed by atoms with Crippen LogP contribution in [0, 0.1) is 16.7 Å². The van der Waals surface area contributed by atoms with E-state index in [1.807, 2.05) is 0 Å². The summed E-state index contributed by atoms with van der Waals surface area (Å²) in [5.41, 5.74) is 0.150. The molecular formula is C12H21N3O. The molecule has 0 spiro atoms. The molecule has 0 aromatic heterocycles. The van der Waals surface area contributed by atoms with Crippen LogP contribution in [0.2, 0.25) is 0 Å². The molecular weight excluding hydrogens is 202 g/mol. The second-order valence-corrected chi connectivity index (χ2v) is 5.24. The van der Waals surface area contributed by atoms with Gasteiger partial charge >= 0.3 is 0 Å². The molecule has 1 atom stereocenters. The van der Waals surface area contributed by atoms with E-state index in [9.17, 15) is 4.79 Å². The fraction of sp³-hybridized carbons (Fsp3) is 0.833. The molecule has 0 saturated carbocycles. The van der Waals surface area contributed by atoms with Gasteiger partial charge in [0.1, 0.15) is 0 Å². The van der Waals surface area contributed by atoms with Crippen LogP contribution in [0.3, 0.4) is 0 Å². The summed E-state index contributed by atoms with van der Waals surface area (Å²) >= 11 is 0. The Hall–Kier alpha value is -1.08. The number of carbonyl (C=O) groups excluding carboxylic acids is 1. The Bertz CT molecular complexity index is 270. The molecule has 4 heteroatoms. The topological polar surface area (TPSA) is 64.9 Å². The minimum Gasteiger partial charge on any atom is -0.355 e. The molecule has 1 aliphatic heterocycles. The lowest BCUT2D eigenvalue weighted by molar-refractivity contribution is -0.122. The molecule has 1 heterocycles. The first-order valence-electron chi connectivity index (χ1n) is 5.90. The van der Waals surface area contributed by atoms with E-state index in [4.69, 9.17) is 5.26 Å². The highest BCUT2D eigenvalue weighted by Gasteiger charge is 2.22. The fourth-order valence-corrected chi connectivity index (χ4v) is 1.81. The van der Waals surface area contributed by atoms with Crippen molar-refractivity contribution in [1.29, 1.82) is 5.26 Å². The maximum Gasteiger partial charge on any atom is 0.220 e. The number of nitriles is 1. The fourth-order valence-electron chi connectivity index (χ4n) is 1.81. The van der Waals surface area contributed by atoms with Crippen molar-refractivity contribution < 1.29 is 4.79 Å². The first-order valence-corrected chi connectivity index (χ1v) is 5.90. The van der Waals surface area contributed by atoms with Crippen LogP contribution in [0.1, 0.15) is 39.5 Å². The highest BCUT2D eigenvalue weighted by Crippen LogP contribution is 2.21. The van der Waals surface area contributed by atoms with Gasteiger partial charge in [0.25, 0.3) is 0 Å². The Morgan fingerprint density at radius 2 is 2.38 bits per heavy atom. The number of nitrogens with zero attached hydrogens (tertiary/aromatic N) is 1. The first kappa shape index (κ1) is 13.0. The summed E-state index contributed by atoms with van der Waals surface area (Å²) in [5.74, 6) is 0.154. The van der Waals surface area contributed by atoms with Crippen LogP contribution in [0.4, 0.5) is 0 Å². The second-order valence-electron chi connectivity index (χ2n) is 5.24. The van der Waals surface area contributed by atoms with E-state index in [1.54, 1.807) is 0 Å². The number of amides is 1. The summed E-state index contributed by atoms with van der Waals surface area (Å²) in [6, 6.07) is 2.57. The Kier molecular flexibility index (Phi) is 4.75. The first-order chi connectivity index (χ1) is 7.53. The summed E-state index contributed by atoms with van der Waals surface area (Å²) in [6.07, 6.45) is 3.06. The van der Waals surface area contributed by atoms with Crippen LogP contribution in [0.15, 0.2) is 0 Å². The molecule has 0 aromatic rings. The van der Waals surface area contributed by atoms with Gasteiger partial charge in [-0.3, -0.25) is 4.79 Å². The summed E-state index contributed by atoms with van der Waals surface area (Å²) in [7, 11) is 0. The van der Waals surface area contributed by atoms with E-state index in [1.165, 1.54) is 0 Å². The Labute approximate surface area is 97.4 Å². The van der Waals surface area contributed by atoms with E-state index >= 15 is 0 Å². The molecule has 90 valence electrons. The molecule has 16 heavy (non-hydrogen) atoms. The zero-order valence-corrected chi connectivity index (χ0v) is 10.2. The molecule has 1 saturated heterocycles. The molecule has 0 aliphatic carbocycles. The third-order valence-corrected chi connectivity index (χ3v) is 3.05. The number of carbonyl (C=O) groups is 1. The zero-order valence-electron chi connectivity index (χ0n) is 10.2. The van der Waals surface area contributed by atoms with Gasteiger partial charge in [-0.2, -0.15) is 5.26 Å². The predicted octanol–water partition coefficient (Wildman–Crippen LogP) is 1.18. The molecule has 0 bridgehead atoms. The number of hydrogen-bond donors (Lipinski definition) is 2. The zero-order chi connectivity index (χ0) is 12.0. The summed E-state index contributed by atoms with van der Waals surface area (Å²) in [5, 5.41) is 14.9. The van der Waals surface area contributed by atoms with Gasteiger partial charge < -0.3 is 10.6 Å². The minimum absolute atomic E-state index is 0.150. The molecule has 0 radical (unpaired) electrons. The molecule has 1 amide bonds. The van der Waals surface area contributed by atoms with Crippen molar-refractivity contribution in [2.75, 3.05) is 13.1 Å². The number of nitrogens with one attached hydrogen (secondary N) is 2. The average molecular weight is 223 g/mol. The SMILES string of the molecule is CC(C)(CCC#N)CNC1CCC(=O)NC1. The van der Waals surface area contributed by atoms with Gasteiger partial charge in [0.2, 0.25) is 5.91 Å². The maximum atomic E-state index is 11.0. The van der Waals surface area contributed by atoms with Crippen molar-refractivity contribution >= 4 is 5.91 Å². The summed E-state index contributed by atoms with van der Waals surface area (Å²) in [4.78, 5) is 11.0.